The first-order chi connectivity index (χ1) is 6.33. The van der Waals surface area contributed by atoms with Crippen LogP contribution >= 0.6 is 12.0 Å². The first-order valence-electron chi connectivity index (χ1n) is 3.89. The summed E-state index contributed by atoms with van der Waals surface area (Å²) in [5, 5.41) is -0.477. The third-order valence-corrected chi connectivity index (χ3v) is 2.57. The van der Waals surface area contributed by atoms with Gasteiger partial charge in [-0.25, -0.2) is 0 Å². The van der Waals surface area contributed by atoms with E-state index in [1.54, 1.807) is 18.2 Å². The molecule has 1 aliphatic rings. The highest BCUT2D eigenvalue weighted by atomic mass is 32.2. The van der Waals surface area contributed by atoms with Crippen LogP contribution in [0.15, 0.2) is 24.3 Å². The number of ether oxygens (including phenoxy) is 1. The standard InChI is InChI=1S/C9H8O3S/c10-9-6-3-1-2-4-7(6)12-5-8(9)13-11/h1-4,8,11H,5H2. The SMILES string of the molecule is O=C1c2ccccc2OCC1SO. The Balaban J connectivity index is 2.39. The Labute approximate surface area is 79.9 Å². The van der Waals surface area contributed by atoms with Crippen LogP contribution in [-0.4, -0.2) is 22.2 Å². The lowest BCUT2D eigenvalue weighted by molar-refractivity contribution is 0.0941. The highest BCUT2D eigenvalue weighted by molar-refractivity contribution is 7.95. The van der Waals surface area contributed by atoms with Crippen LogP contribution in [0.3, 0.4) is 0 Å². The lowest BCUT2D eigenvalue weighted by Gasteiger charge is -2.21. The van der Waals surface area contributed by atoms with E-state index in [9.17, 15) is 4.79 Å². The summed E-state index contributed by atoms with van der Waals surface area (Å²) in [7, 11) is 0. The van der Waals surface area contributed by atoms with Crippen LogP contribution in [0, 0.1) is 0 Å². The van der Waals surface area contributed by atoms with Gasteiger partial charge < -0.3 is 9.29 Å². The van der Waals surface area contributed by atoms with Gasteiger partial charge in [0.15, 0.2) is 5.78 Å². The zero-order valence-corrected chi connectivity index (χ0v) is 7.58. The smallest absolute Gasteiger partial charge is 0.185 e. The number of hydrogen-bond acceptors (Lipinski definition) is 4. The van der Waals surface area contributed by atoms with E-state index in [1.807, 2.05) is 6.07 Å². The lowest BCUT2D eigenvalue weighted by Crippen LogP contribution is -2.29. The van der Waals surface area contributed by atoms with Crippen molar-refractivity contribution in [3.8, 4) is 5.75 Å². The van der Waals surface area contributed by atoms with Crippen LogP contribution in [0.4, 0.5) is 0 Å². The number of para-hydroxylation sites is 1. The summed E-state index contributed by atoms with van der Waals surface area (Å²) in [5.74, 6) is 0.548. The first kappa shape index (κ1) is 8.59. The quantitative estimate of drug-likeness (QED) is 0.696. The van der Waals surface area contributed by atoms with Crippen LogP contribution in [0.25, 0.3) is 0 Å². The van der Waals surface area contributed by atoms with E-state index in [4.69, 9.17) is 9.29 Å². The molecule has 1 aromatic rings. The molecule has 3 nitrogen and oxygen atoms in total. The topological polar surface area (TPSA) is 46.5 Å². The normalized spacial score (nSPS) is 20.7. The number of fused-ring (bicyclic) bond motifs is 1. The molecule has 0 bridgehead atoms. The Hall–Kier alpha value is -1.00. The summed E-state index contributed by atoms with van der Waals surface area (Å²) in [6.45, 7) is 0.247. The van der Waals surface area contributed by atoms with Crippen molar-refractivity contribution in [1.82, 2.24) is 0 Å². The van der Waals surface area contributed by atoms with Gasteiger partial charge in [-0.3, -0.25) is 4.79 Å². The Morgan fingerprint density at radius 2 is 2.23 bits per heavy atom. The molecule has 0 fully saturated rings. The highest BCUT2D eigenvalue weighted by Gasteiger charge is 2.28. The van der Waals surface area contributed by atoms with Gasteiger partial charge in [0.05, 0.1) is 5.56 Å². The van der Waals surface area contributed by atoms with Crippen molar-refractivity contribution >= 4 is 17.8 Å². The fraction of sp³-hybridized carbons (Fsp3) is 0.222. The van der Waals surface area contributed by atoms with E-state index in [2.05, 4.69) is 0 Å². The molecule has 13 heavy (non-hydrogen) atoms. The van der Waals surface area contributed by atoms with Crippen molar-refractivity contribution in [3.05, 3.63) is 29.8 Å². The Morgan fingerprint density at radius 1 is 1.46 bits per heavy atom. The predicted molar refractivity (Wildman–Crippen MR) is 50.3 cm³/mol. The Kier molecular flexibility index (Phi) is 2.24. The number of hydrogen-bond donors (Lipinski definition) is 1. The van der Waals surface area contributed by atoms with Crippen LogP contribution in [0.2, 0.25) is 0 Å². The minimum Gasteiger partial charge on any atom is -0.491 e. The van der Waals surface area contributed by atoms with Gasteiger partial charge in [0.25, 0.3) is 0 Å². The van der Waals surface area contributed by atoms with E-state index < -0.39 is 5.25 Å². The molecule has 0 aliphatic carbocycles. The van der Waals surface area contributed by atoms with Crippen molar-refractivity contribution < 1.29 is 14.1 Å². The van der Waals surface area contributed by atoms with Gasteiger partial charge >= 0.3 is 0 Å². The molecule has 0 aromatic heterocycles. The van der Waals surface area contributed by atoms with Gasteiger partial charge in [-0.2, -0.15) is 0 Å². The van der Waals surface area contributed by atoms with Gasteiger partial charge in [0.2, 0.25) is 0 Å². The molecule has 0 radical (unpaired) electrons. The summed E-state index contributed by atoms with van der Waals surface area (Å²) in [6, 6.07) is 7.06. The van der Waals surface area contributed by atoms with Crippen molar-refractivity contribution in [2.75, 3.05) is 6.61 Å². The molecule has 1 aliphatic heterocycles. The van der Waals surface area contributed by atoms with E-state index in [-0.39, 0.29) is 12.4 Å². The number of carbonyl (C=O) groups is 1. The third kappa shape index (κ3) is 1.43. The van der Waals surface area contributed by atoms with Crippen LogP contribution in [0.1, 0.15) is 10.4 Å². The van der Waals surface area contributed by atoms with Gasteiger partial charge in [-0.15, -0.1) is 0 Å². The molecule has 4 heteroatoms. The largest absolute Gasteiger partial charge is 0.491 e. The van der Waals surface area contributed by atoms with Crippen molar-refractivity contribution in [2.45, 2.75) is 5.25 Å². The summed E-state index contributed by atoms with van der Waals surface area (Å²) in [5.41, 5.74) is 0.556. The number of rotatable bonds is 1. The van der Waals surface area contributed by atoms with E-state index in [0.29, 0.717) is 23.4 Å². The second-order valence-electron chi connectivity index (χ2n) is 2.77. The fourth-order valence-corrected chi connectivity index (χ4v) is 1.64. The number of benzene rings is 1. The molecule has 1 aromatic carbocycles. The number of Topliss-reactive ketones (excluding diaryl/α,β-unsaturated/α-hetero) is 1. The number of ketones is 1. The molecular formula is C9H8O3S. The maximum atomic E-state index is 11.6. The second-order valence-corrected chi connectivity index (χ2v) is 3.55. The lowest BCUT2D eigenvalue weighted by atomic mass is 10.1. The average molecular weight is 196 g/mol. The fourth-order valence-electron chi connectivity index (χ4n) is 1.29. The molecule has 0 saturated carbocycles. The molecule has 0 saturated heterocycles. The zero-order valence-electron chi connectivity index (χ0n) is 6.77. The predicted octanol–water partition coefficient (Wildman–Crippen LogP) is 1.84. The highest BCUT2D eigenvalue weighted by Crippen LogP contribution is 2.27. The zero-order chi connectivity index (χ0) is 9.26. The maximum Gasteiger partial charge on any atom is 0.185 e. The minimum atomic E-state index is -0.477. The van der Waals surface area contributed by atoms with Gasteiger partial charge in [-0.1, -0.05) is 12.1 Å². The van der Waals surface area contributed by atoms with Crippen molar-refractivity contribution in [2.24, 2.45) is 0 Å². The van der Waals surface area contributed by atoms with E-state index in [0.717, 1.165) is 0 Å². The molecule has 1 N–H and O–H groups in total. The molecule has 0 amide bonds. The minimum absolute atomic E-state index is 0.0608. The van der Waals surface area contributed by atoms with Crippen molar-refractivity contribution in [3.63, 3.8) is 0 Å². The molecular weight excluding hydrogens is 188 g/mol. The van der Waals surface area contributed by atoms with Gasteiger partial charge in [-0.05, 0) is 12.1 Å². The molecule has 1 atom stereocenters. The number of carbonyl (C=O) groups excluding carboxylic acids is 1. The molecule has 68 valence electrons. The summed E-state index contributed by atoms with van der Waals surface area (Å²) < 4.78 is 14.1. The van der Waals surface area contributed by atoms with Gasteiger partial charge in [0.1, 0.15) is 17.6 Å². The van der Waals surface area contributed by atoms with E-state index in [1.165, 1.54) is 0 Å². The molecule has 1 unspecified atom stereocenters. The average Bonchev–Trinajstić information content (AvgIpc) is 2.19. The Bertz CT molecular complexity index is 337. The van der Waals surface area contributed by atoms with Crippen LogP contribution in [-0.2, 0) is 0 Å². The maximum absolute atomic E-state index is 11.6. The van der Waals surface area contributed by atoms with Crippen LogP contribution in [0.5, 0.6) is 5.75 Å². The van der Waals surface area contributed by atoms with E-state index >= 15 is 0 Å². The van der Waals surface area contributed by atoms with Crippen molar-refractivity contribution in [1.29, 1.82) is 0 Å². The summed E-state index contributed by atoms with van der Waals surface area (Å²) >= 11 is 0.543. The first-order valence-corrected chi connectivity index (χ1v) is 4.73. The summed E-state index contributed by atoms with van der Waals surface area (Å²) in [4.78, 5) is 11.6. The third-order valence-electron chi connectivity index (χ3n) is 1.96. The molecule has 2 rings (SSSR count). The van der Waals surface area contributed by atoms with Crippen LogP contribution < -0.4 is 4.74 Å². The van der Waals surface area contributed by atoms with Gasteiger partial charge in [0, 0.05) is 12.0 Å². The summed E-state index contributed by atoms with van der Waals surface area (Å²) in [6.07, 6.45) is 0. The second kappa shape index (κ2) is 3.40. The monoisotopic (exact) mass is 196 g/mol. The Morgan fingerprint density at radius 3 is 3.00 bits per heavy atom. The molecule has 0 spiro atoms. The molecule has 1 heterocycles.